The first-order valence-electron chi connectivity index (χ1n) is 11.4. The summed E-state index contributed by atoms with van der Waals surface area (Å²) in [5, 5.41) is 0. The molecule has 2 aliphatic rings. The molecule has 2 fully saturated rings. The predicted molar refractivity (Wildman–Crippen MR) is 121 cm³/mol. The van der Waals surface area contributed by atoms with Gasteiger partial charge in [0.2, 0.25) is 0 Å². The van der Waals surface area contributed by atoms with Crippen molar-refractivity contribution < 1.29 is 4.39 Å². The summed E-state index contributed by atoms with van der Waals surface area (Å²) >= 11 is 0. The quantitative estimate of drug-likeness (QED) is 0.698. The molecular weight excluding hydrogens is 375 g/mol. The molecule has 2 aromatic carbocycles. The monoisotopic (exact) mass is 410 g/mol. The van der Waals surface area contributed by atoms with Gasteiger partial charge in [-0.25, -0.2) is 9.82 Å². The molecule has 2 heterocycles. The van der Waals surface area contributed by atoms with Crippen molar-refractivity contribution in [2.75, 3.05) is 46.3 Å². The fourth-order valence-corrected chi connectivity index (χ4v) is 5.08. The molecule has 0 aliphatic carbocycles. The number of nitrogens with one attached hydrogen (secondary N) is 2. The van der Waals surface area contributed by atoms with Gasteiger partial charge in [0, 0.05) is 38.6 Å². The van der Waals surface area contributed by atoms with Gasteiger partial charge in [0.05, 0.1) is 6.04 Å². The van der Waals surface area contributed by atoms with Gasteiger partial charge < -0.3 is 9.80 Å². The minimum atomic E-state index is -0.151. The molecule has 0 amide bonds. The standard InChI is InChI=1S/C25H35FN4/c1-29(19-23-16-27-28-25(23)22-7-3-2-4-8-22)17-21-6-5-14-30(18-21)15-13-20-9-11-24(26)12-10-20/h2-4,7-12,21,23,25,27-28H,5-6,13-19H2,1H3. The maximum Gasteiger partial charge on any atom is 0.123 e. The van der Waals surface area contributed by atoms with Gasteiger partial charge in [-0.15, -0.1) is 0 Å². The van der Waals surface area contributed by atoms with Crippen LogP contribution in [0.5, 0.6) is 0 Å². The summed E-state index contributed by atoms with van der Waals surface area (Å²) < 4.78 is 13.1. The van der Waals surface area contributed by atoms with Crippen LogP contribution in [0.4, 0.5) is 4.39 Å². The minimum Gasteiger partial charge on any atom is -0.306 e. The van der Waals surface area contributed by atoms with E-state index in [1.807, 2.05) is 12.1 Å². The summed E-state index contributed by atoms with van der Waals surface area (Å²) in [6, 6.07) is 18.1. The zero-order valence-corrected chi connectivity index (χ0v) is 18.1. The molecular formula is C25H35FN4. The molecule has 5 heteroatoms. The van der Waals surface area contributed by atoms with Crippen molar-refractivity contribution in [1.82, 2.24) is 20.7 Å². The number of hydrogen-bond acceptors (Lipinski definition) is 4. The molecule has 0 aromatic heterocycles. The summed E-state index contributed by atoms with van der Waals surface area (Å²) in [7, 11) is 2.28. The summed E-state index contributed by atoms with van der Waals surface area (Å²) in [5.74, 6) is 1.16. The van der Waals surface area contributed by atoms with Crippen LogP contribution in [-0.2, 0) is 6.42 Å². The highest BCUT2D eigenvalue weighted by atomic mass is 19.1. The Morgan fingerprint density at radius 2 is 1.87 bits per heavy atom. The number of halogens is 1. The Morgan fingerprint density at radius 3 is 2.67 bits per heavy atom. The lowest BCUT2D eigenvalue weighted by Gasteiger charge is -2.35. The van der Waals surface area contributed by atoms with Crippen LogP contribution >= 0.6 is 0 Å². The predicted octanol–water partition coefficient (Wildman–Crippen LogP) is 3.48. The second-order valence-corrected chi connectivity index (χ2v) is 9.08. The summed E-state index contributed by atoms with van der Waals surface area (Å²) in [5.41, 5.74) is 9.42. The third-order valence-corrected chi connectivity index (χ3v) is 6.60. The Morgan fingerprint density at radius 1 is 1.07 bits per heavy atom. The molecule has 2 saturated heterocycles. The van der Waals surface area contributed by atoms with Crippen molar-refractivity contribution >= 4 is 0 Å². The number of benzene rings is 2. The van der Waals surface area contributed by atoms with Crippen molar-refractivity contribution in [3.8, 4) is 0 Å². The maximum atomic E-state index is 13.1. The summed E-state index contributed by atoms with van der Waals surface area (Å²) in [6.07, 6.45) is 3.60. The normalized spacial score (nSPS) is 25.1. The van der Waals surface area contributed by atoms with Crippen molar-refractivity contribution in [3.05, 3.63) is 71.5 Å². The average Bonchev–Trinajstić information content (AvgIpc) is 3.22. The van der Waals surface area contributed by atoms with Crippen LogP contribution in [0.25, 0.3) is 0 Å². The zero-order chi connectivity index (χ0) is 20.8. The third kappa shape index (κ3) is 5.88. The maximum absolute atomic E-state index is 13.1. The number of hydrazine groups is 1. The van der Waals surface area contributed by atoms with Crippen molar-refractivity contribution in [3.63, 3.8) is 0 Å². The fraction of sp³-hybridized carbons (Fsp3) is 0.520. The Balaban J connectivity index is 1.24. The van der Waals surface area contributed by atoms with E-state index in [4.69, 9.17) is 0 Å². The number of piperidine rings is 1. The number of nitrogens with zero attached hydrogens (tertiary/aromatic N) is 2. The first-order valence-corrected chi connectivity index (χ1v) is 11.4. The first-order chi connectivity index (χ1) is 14.7. The van der Waals surface area contributed by atoms with Gasteiger partial charge in [-0.2, -0.15) is 0 Å². The van der Waals surface area contributed by atoms with Crippen LogP contribution in [0.15, 0.2) is 54.6 Å². The van der Waals surface area contributed by atoms with E-state index >= 15 is 0 Å². The van der Waals surface area contributed by atoms with Gasteiger partial charge in [-0.05, 0) is 62.0 Å². The van der Waals surface area contributed by atoms with E-state index in [9.17, 15) is 4.39 Å². The highest BCUT2D eigenvalue weighted by molar-refractivity contribution is 5.20. The van der Waals surface area contributed by atoms with Crippen LogP contribution in [0.2, 0.25) is 0 Å². The Hall–Kier alpha value is -1.79. The largest absolute Gasteiger partial charge is 0.306 e. The molecule has 4 rings (SSSR count). The lowest BCUT2D eigenvalue weighted by atomic mass is 9.93. The Bertz CT molecular complexity index is 766. The molecule has 2 aromatic rings. The minimum absolute atomic E-state index is 0.151. The highest BCUT2D eigenvalue weighted by Gasteiger charge is 2.30. The number of hydrogen-bond donors (Lipinski definition) is 2. The molecule has 2 N–H and O–H groups in total. The van der Waals surface area contributed by atoms with E-state index < -0.39 is 0 Å². The lowest BCUT2D eigenvalue weighted by molar-refractivity contribution is 0.137. The molecule has 30 heavy (non-hydrogen) atoms. The SMILES string of the molecule is CN(CC1CCCN(CCc2ccc(F)cc2)C1)CC1CNNC1c1ccccc1. The smallest absolute Gasteiger partial charge is 0.123 e. The summed E-state index contributed by atoms with van der Waals surface area (Å²) in [4.78, 5) is 5.13. The van der Waals surface area contributed by atoms with Gasteiger partial charge in [-0.1, -0.05) is 42.5 Å². The average molecular weight is 411 g/mol. The van der Waals surface area contributed by atoms with Crippen molar-refractivity contribution in [2.24, 2.45) is 11.8 Å². The van der Waals surface area contributed by atoms with Crippen LogP contribution in [0.1, 0.15) is 30.0 Å². The molecule has 4 nitrogen and oxygen atoms in total. The van der Waals surface area contributed by atoms with Gasteiger partial charge in [-0.3, -0.25) is 5.43 Å². The van der Waals surface area contributed by atoms with Crippen LogP contribution in [0.3, 0.4) is 0 Å². The topological polar surface area (TPSA) is 30.5 Å². The third-order valence-electron chi connectivity index (χ3n) is 6.60. The van der Waals surface area contributed by atoms with Crippen molar-refractivity contribution in [2.45, 2.75) is 25.3 Å². The highest BCUT2D eigenvalue weighted by Crippen LogP contribution is 2.26. The van der Waals surface area contributed by atoms with E-state index in [0.29, 0.717) is 12.0 Å². The van der Waals surface area contributed by atoms with Crippen molar-refractivity contribution in [1.29, 1.82) is 0 Å². The van der Waals surface area contributed by atoms with E-state index in [1.54, 1.807) is 12.1 Å². The zero-order valence-electron chi connectivity index (χ0n) is 18.1. The second-order valence-electron chi connectivity index (χ2n) is 9.08. The van der Waals surface area contributed by atoms with E-state index in [2.05, 4.69) is 58.0 Å². The van der Waals surface area contributed by atoms with Gasteiger partial charge in [0.15, 0.2) is 0 Å². The Kier molecular flexibility index (Phi) is 7.50. The second kappa shape index (κ2) is 10.5. The van der Waals surface area contributed by atoms with E-state index in [1.165, 1.54) is 37.1 Å². The molecule has 0 spiro atoms. The Labute approximate surface area is 180 Å². The lowest BCUT2D eigenvalue weighted by Crippen LogP contribution is -2.42. The van der Waals surface area contributed by atoms with E-state index in [0.717, 1.165) is 38.5 Å². The molecule has 0 radical (unpaired) electrons. The fourth-order valence-electron chi connectivity index (χ4n) is 5.08. The molecule has 3 unspecified atom stereocenters. The molecule has 2 aliphatic heterocycles. The molecule has 3 atom stereocenters. The number of likely N-dealkylation sites (tertiary alicyclic amines) is 1. The molecule has 162 valence electrons. The van der Waals surface area contributed by atoms with Crippen LogP contribution < -0.4 is 10.9 Å². The van der Waals surface area contributed by atoms with Gasteiger partial charge in [0.25, 0.3) is 0 Å². The molecule has 0 saturated carbocycles. The van der Waals surface area contributed by atoms with Gasteiger partial charge >= 0.3 is 0 Å². The molecule has 0 bridgehead atoms. The first kappa shape index (κ1) is 21.4. The van der Waals surface area contributed by atoms with Gasteiger partial charge in [0.1, 0.15) is 5.82 Å². The number of rotatable bonds is 8. The van der Waals surface area contributed by atoms with E-state index in [-0.39, 0.29) is 5.82 Å². The van der Waals surface area contributed by atoms with Crippen LogP contribution in [0, 0.1) is 17.7 Å². The summed E-state index contributed by atoms with van der Waals surface area (Å²) in [6.45, 7) is 6.70. The van der Waals surface area contributed by atoms with Crippen LogP contribution in [-0.4, -0.2) is 56.1 Å².